The summed E-state index contributed by atoms with van der Waals surface area (Å²) in [5, 5.41) is 9.91. The maximum atomic E-state index is 12.7. The van der Waals surface area contributed by atoms with Gasteiger partial charge in [0.1, 0.15) is 5.75 Å². The number of hydrogen-bond donors (Lipinski definition) is 2. The van der Waals surface area contributed by atoms with Gasteiger partial charge >= 0.3 is 6.18 Å². The third-order valence-electron chi connectivity index (χ3n) is 4.05. The first-order valence-electron chi connectivity index (χ1n) is 7.44. The third kappa shape index (κ3) is 3.28. The summed E-state index contributed by atoms with van der Waals surface area (Å²) in [4.78, 5) is 19.3. The van der Waals surface area contributed by atoms with Gasteiger partial charge in [-0.25, -0.2) is 4.98 Å². The van der Waals surface area contributed by atoms with Crippen LogP contribution in [0.25, 0.3) is 0 Å². The zero-order valence-electron chi connectivity index (χ0n) is 12.9. The van der Waals surface area contributed by atoms with Crippen LogP contribution < -0.4 is 5.56 Å². The summed E-state index contributed by atoms with van der Waals surface area (Å²) in [5.41, 5.74) is 1.40. The zero-order chi connectivity index (χ0) is 17.5. The van der Waals surface area contributed by atoms with Gasteiger partial charge in [0.2, 0.25) is 5.82 Å². The largest absolute Gasteiger partial charge is 0.508 e. The topological polar surface area (TPSA) is 69.2 Å². The molecule has 128 valence electrons. The summed E-state index contributed by atoms with van der Waals surface area (Å²) < 4.78 is 38.1. The summed E-state index contributed by atoms with van der Waals surface area (Å²) in [7, 11) is 0. The first-order valence-corrected chi connectivity index (χ1v) is 7.44. The number of alkyl halides is 3. The fraction of sp³-hybridized carbons (Fsp3) is 0.375. The Labute approximate surface area is 135 Å². The van der Waals surface area contributed by atoms with E-state index in [0.717, 1.165) is 11.1 Å². The number of phenols is 1. The van der Waals surface area contributed by atoms with Gasteiger partial charge in [-0.2, -0.15) is 13.2 Å². The number of aromatic hydroxyl groups is 1. The number of fused-ring (bicyclic) bond motifs is 1. The predicted molar refractivity (Wildman–Crippen MR) is 80.5 cm³/mol. The second-order valence-corrected chi connectivity index (χ2v) is 5.93. The Morgan fingerprint density at radius 1 is 1.38 bits per heavy atom. The lowest BCUT2D eigenvalue weighted by Crippen LogP contribution is -2.36. The van der Waals surface area contributed by atoms with E-state index in [1.54, 1.807) is 12.1 Å². The number of aromatic nitrogens is 2. The van der Waals surface area contributed by atoms with E-state index in [1.807, 2.05) is 22.9 Å². The predicted octanol–water partition coefficient (Wildman–Crippen LogP) is 2.36. The standard InChI is InChI=1S/C16H16F3N3O2/c1-9-2-3-13(23)10(6-9)7-22-5-4-12-11(8-22)14(24)21-15(20-12)16(17,18)19/h2-3,6,23H,4-5,7-8H2,1H3,(H,20,21,24). The number of benzene rings is 1. The third-order valence-corrected chi connectivity index (χ3v) is 4.05. The molecule has 0 amide bonds. The number of nitrogens with zero attached hydrogens (tertiary/aromatic N) is 2. The molecule has 1 aromatic carbocycles. The molecule has 8 heteroatoms. The molecule has 0 saturated heterocycles. The van der Waals surface area contributed by atoms with Crippen LogP contribution in [0.1, 0.15) is 28.2 Å². The molecule has 0 aliphatic carbocycles. The Morgan fingerprint density at radius 3 is 2.83 bits per heavy atom. The summed E-state index contributed by atoms with van der Waals surface area (Å²) >= 11 is 0. The van der Waals surface area contributed by atoms with Crippen LogP contribution in [0, 0.1) is 6.92 Å². The van der Waals surface area contributed by atoms with Crippen LogP contribution in [0.5, 0.6) is 5.75 Å². The smallest absolute Gasteiger partial charge is 0.449 e. The Hall–Kier alpha value is -2.35. The van der Waals surface area contributed by atoms with E-state index in [1.165, 1.54) is 0 Å². The van der Waals surface area contributed by atoms with E-state index in [9.17, 15) is 23.1 Å². The van der Waals surface area contributed by atoms with Crippen LogP contribution in [-0.4, -0.2) is 26.5 Å². The van der Waals surface area contributed by atoms with Crippen molar-refractivity contribution < 1.29 is 18.3 Å². The second-order valence-electron chi connectivity index (χ2n) is 5.93. The van der Waals surface area contributed by atoms with Crippen LogP contribution in [0.2, 0.25) is 0 Å². The zero-order valence-corrected chi connectivity index (χ0v) is 12.9. The van der Waals surface area contributed by atoms with Gasteiger partial charge in [0.15, 0.2) is 0 Å². The summed E-state index contributed by atoms with van der Waals surface area (Å²) in [6, 6.07) is 5.24. The average Bonchev–Trinajstić information content (AvgIpc) is 2.50. The van der Waals surface area contributed by atoms with Crippen molar-refractivity contribution >= 4 is 0 Å². The van der Waals surface area contributed by atoms with Gasteiger partial charge in [0.05, 0.1) is 11.3 Å². The minimum absolute atomic E-state index is 0.158. The van der Waals surface area contributed by atoms with Crippen molar-refractivity contribution in [1.29, 1.82) is 0 Å². The monoisotopic (exact) mass is 339 g/mol. The van der Waals surface area contributed by atoms with Crippen molar-refractivity contribution in [2.45, 2.75) is 32.6 Å². The quantitative estimate of drug-likeness (QED) is 0.881. The van der Waals surface area contributed by atoms with E-state index < -0.39 is 17.6 Å². The van der Waals surface area contributed by atoms with Gasteiger partial charge in [-0.05, 0) is 13.0 Å². The Balaban J connectivity index is 1.85. The van der Waals surface area contributed by atoms with E-state index >= 15 is 0 Å². The highest BCUT2D eigenvalue weighted by atomic mass is 19.4. The fourth-order valence-corrected chi connectivity index (χ4v) is 2.83. The minimum Gasteiger partial charge on any atom is -0.508 e. The summed E-state index contributed by atoms with van der Waals surface area (Å²) in [5.74, 6) is -1.10. The first-order chi connectivity index (χ1) is 11.2. The second kappa shape index (κ2) is 5.94. The van der Waals surface area contributed by atoms with Crippen molar-refractivity contribution in [3.63, 3.8) is 0 Å². The molecule has 0 saturated carbocycles. The molecule has 0 spiro atoms. The first kappa shape index (κ1) is 16.5. The number of aryl methyl sites for hydroxylation is 1. The lowest BCUT2D eigenvalue weighted by molar-refractivity contribution is -0.145. The molecule has 0 fully saturated rings. The van der Waals surface area contributed by atoms with Gasteiger partial charge in [-0.3, -0.25) is 9.69 Å². The number of rotatable bonds is 2. The molecule has 5 nitrogen and oxygen atoms in total. The summed E-state index contributed by atoms with van der Waals surface area (Å²) in [6.07, 6.45) is -4.41. The Morgan fingerprint density at radius 2 is 2.12 bits per heavy atom. The van der Waals surface area contributed by atoms with Gasteiger partial charge in [-0.15, -0.1) is 0 Å². The lowest BCUT2D eigenvalue weighted by atomic mass is 10.0. The molecule has 0 unspecified atom stereocenters. The highest BCUT2D eigenvalue weighted by Crippen LogP contribution is 2.27. The molecule has 1 aliphatic heterocycles. The molecule has 1 aliphatic rings. The number of phenolic OH excluding ortho intramolecular Hbond substituents is 1. The number of H-pyrrole nitrogens is 1. The maximum absolute atomic E-state index is 12.7. The number of halogens is 3. The molecule has 2 heterocycles. The van der Waals surface area contributed by atoms with Crippen molar-refractivity contribution in [2.24, 2.45) is 0 Å². The van der Waals surface area contributed by atoms with E-state index in [-0.39, 0.29) is 30.0 Å². The van der Waals surface area contributed by atoms with Gasteiger partial charge in [0, 0.05) is 31.6 Å². The van der Waals surface area contributed by atoms with Crippen molar-refractivity contribution in [3.8, 4) is 5.75 Å². The van der Waals surface area contributed by atoms with Gasteiger partial charge < -0.3 is 10.1 Å². The fourth-order valence-electron chi connectivity index (χ4n) is 2.83. The van der Waals surface area contributed by atoms with Crippen LogP contribution in [0.15, 0.2) is 23.0 Å². The number of hydrogen-bond acceptors (Lipinski definition) is 4. The maximum Gasteiger partial charge on any atom is 0.449 e. The molecule has 0 radical (unpaired) electrons. The Kier molecular flexibility index (Phi) is 4.08. The highest BCUT2D eigenvalue weighted by molar-refractivity contribution is 5.35. The van der Waals surface area contributed by atoms with E-state index in [2.05, 4.69) is 4.98 Å². The van der Waals surface area contributed by atoms with Gasteiger partial charge in [-0.1, -0.05) is 17.7 Å². The van der Waals surface area contributed by atoms with Crippen molar-refractivity contribution in [1.82, 2.24) is 14.9 Å². The van der Waals surface area contributed by atoms with Crippen molar-refractivity contribution in [2.75, 3.05) is 6.54 Å². The number of nitrogens with one attached hydrogen (secondary N) is 1. The van der Waals surface area contributed by atoms with Crippen LogP contribution in [-0.2, 0) is 25.7 Å². The van der Waals surface area contributed by atoms with Crippen molar-refractivity contribution in [3.05, 3.63) is 56.8 Å². The average molecular weight is 339 g/mol. The molecule has 2 aromatic rings. The van der Waals surface area contributed by atoms with Gasteiger partial charge in [0.25, 0.3) is 5.56 Å². The number of aromatic amines is 1. The molecule has 2 N–H and O–H groups in total. The Bertz CT molecular complexity index is 830. The normalized spacial score (nSPS) is 15.3. The lowest BCUT2D eigenvalue weighted by Gasteiger charge is -2.28. The van der Waals surface area contributed by atoms with E-state index in [4.69, 9.17) is 0 Å². The molecule has 24 heavy (non-hydrogen) atoms. The summed E-state index contributed by atoms with van der Waals surface area (Å²) in [6.45, 7) is 2.98. The van der Waals surface area contributed by atoms with Crippen LogP contribution in [0.3, 0.4) is 0 Å². The SMILES string of the molecule is Cc1ccc(O)c(CN2CCc3nc(C(F)(F)F)[nH]c(=O)c3C2)c1. The molecule has 0 bridgehead atoms. The molecule has 3 rings (SSSR count). The molecular weight excluding hydrogens is 323 g/mol. The van der Waals surface area contributed by atoms with Crippen LogP contribution >= 0.6 is 0 Å². The molecule has 1 aromatic heterocycles. The molecule has 0 atom stereocenters. The minimum atomic E-state index is -4.67. The highest BCUT2D eigenvalue weighted by Gasteiger charge is 2.35. The van der Waals surface area contributed by atoms with E-state index in [0.29, 0.717) is 13.1 Å². The molecular formula is C16H16F3N3O2. The van der Waals surface area contributed by atoms with Crippen LogP contribution in [0.4, 0.5) is 13.2 Å².